The van der Waals surface area contributed by atoms with Gasteiger partial charge >= 0.3 is 214 Å². The van der Waals surface area contributed by atoms with Crippen LogP contribution >= 0.6 is 20.8 Å². The number of aryl methyl sites for hydroxylation is 1. The molecule has 49 heavy (non-hydrogen) atoms. The van der Waals surface area contributed by atoms with Crippen LogP contribution in [0, 0.1) is 0 Å². The number of rotatable bonds is 16. The van der Waals surface area contributed by atoms with E-state index in [1.807, 2.05) is 35.0 Å². The van der Waals surface area contributed by atoms with Gasteiger partial charge < -0.3 is 10.2 Å². The van der Waals surface area contributed by atoms with E-state index >= 15 is 0 Å². The molecule has 3 aliphatic rings. The van der Waals surface area contributed by atoms with E-state index in [4.69, 9.17) is 25.6 Å². The molecule has 0 spiro atoms. The van der Waals surface area contributed by atoms with E-state index in [1.165, 1.54) is 135 Å². The van der Waals surface area contributed by atoms with Crippen LogP contribution in [0.15, 0.2) is 48.5 Å². The Hall–Kier alpha value is -1.91. The molecule has 7 heteroatoms. The van der Waals surface area contributed by atoms with Gasteiger partial charge in [-0.15, -0.1) is 0 Å². The van der Waals surface area contributed by atoms with Crippen molar-refractivity contribution in [2.75, 3.05) is 6.16 Å². The molecule has 3 aliphatic carbocycles. The number of hydrogen-bond acceptors (Lipinski definition) is 4. The molecule has 0 saturated heterocycles. The summed E-state index contributed by atoms with van der Waals surface area (Å²) in [6.45, 7) is 0.742. The van der Waals surface area contributed by atoms with Crippen LogP contribution < -0.4 is 0 Å². The van der Waals surface area contributed by atoms with Gasteiger partial charge in [0.1, 0.15) is 11.5 Å². The predicted molar refractivity (Wildman–Crippen MR) is 212 cm³/mol. The number of phenolic OH excluding ortho intramolecular Hbond substituents is 2. The molecular formula is C42H63BrN3O2P. The first-order chi connectivity index (χ1) is 24.0. The van der Waals surface area contributed by atoms with Crippen molar-refractivity contribution < 1.29 is 10.2 Å². The van der Waals surface area contributed by atoms with Crippen LogP contribution in [0.25, 0.3) is 22.8 Å². The maximum atomic E-state index is 10.6. The molecule has 2 N–H and O–H groups in total. The number of aromatic hydroxyl groups is 2. The van der Waals surface area contributed by atoms with Gasteiger partial charge in [0.15, 0.2) is 5.82 Å². The summed E-state index contributed by atoms with van der Waals surface area (Å²) in [5.41, 5.74) is 4.31. The first-order valence-electron chi connectivity index (χ1n) is 20.2. The standard InChI is InChI=1S/C42H63BrN3O2P/c43-49(34-22-10-7-11-23-34,35-24-12-8-13-25-35,36-26-14-9-15-27-36)33-21-6-4-2-1-3-5-20-32-46-42(38-29-17-19-31-40(38)48)44-41(45-46)37-28-16-18-30-39(37)47/h16-19,28-31,34-36,47-48H,1-15,20-27,32-33H2. The van der Waals surface area contributed by atoms with Crippen molar-refractivity contribution in [3.05, 3.63) is 48.5 Å². The van der Waals surface area contributed by atoms with Gasteiger partial charge in [0.05, 0.1) is 11.1 Å². The summed E-state index contributed by atoms with van der Waals surface area (Å²) in [5.74, 6) is 1.50. The first-order valence-corrected chi connectivity index (χ1v) is 24.9. The third kappa shape index (κ3) is 8.43. The molecule has 270 valence electrons. The summed E-state index contributed by atoms with van der Waals surface area (Å²) in [4.78, 5) is 4.77. The molecule has 0 unspecified atom stereocenters. The van der Waals surface area contributed by atoms with Gasteiger partial charge in [-0.25, -0.2) is 4.98 Å². The normalized spacial score (nSPS) is 19.5. The van der Waals surface area contributed by atoms with Gasteiger partial charge in [-0.1, -0.05) is 24.3 Å². The molecule has 0 bridgehead atoms. The molecular weight excluding hydrogens is 689 g/mol. The molecule has 0 radical (unpaired) electrons. The van der Waals surface area contributed by atoms with Gasteiger partial charge in [-0.3, -0.25) is 0 Å². The average molecular weight is 753 g/mol. The Morgan fingerprint density at radius 1 is 0.571 bits per heavy atom. The fourth-order valence-electron chi connectivity index (χ4n) is 10.3. The number of hydrogen-bond donors (Lipinski definition) is 2. The molecule has 2 aromatic carbocycles. The molecule has 3 aromatic rings. The molecule has 6 rings (SSSR count). The number of aromatic nitrogens is 3. The predicted octanol–water partition coefficient (Wildman–Crippen LogP) is 13.0. The number of benzene rings is 2. The Kier molecular flexibility index (Phi) is 13.2. The van der Waals surface area contributed by atoms with Crippen LogP contribution in [0.5, 0.6) is 11.5 Å². The Bertz CT molecular complexity index is 1410. The third-order valence-electron chi connectivity index (χ3n) is 12.9. The fourth-order valence-corrected chi connectivity index (χ4v) is 23.1. The zero-order valence-electron chi connectivity index (χ0n) is 30.1. The van der Waals surface area contributed by atoms with Gasteiger partial charge in [-0.05, 0) is 24.3 Å². The summed E-state index contributed by atoms with van der Waals surface area (Å²) in [6, 6.07) is 14.5. The van der Waals surface area contributed by atoms with Crippen LogP contribution in [-0.2, 0) is 6.54 Å². The number of halogens is 1. The van der Waals surface area contributed by atoms with E-state index in [-0.39, 0.29) is 11.5 Å². The van der Waals surface area contributed by atoms with Crippen molar-refractivity contribution in [2.24, 2.45) is 0 Å². The minimum atomic E-state index is -2.01. The molecule has 3 saturated carbocycles. The van der Waals surface area contributed by atoms with Gasteiger partial charge in [0.25, 0.3) is 0 Å². The van der Waals surface area contributed by atoms with Gasteiger partial charge in [0.2, 0.25) is 0 Å². The fraction of sp³-hybridized carbons (Fsp3) is 0.667. The summed E-state index contributed by atoms with van der Waals surface area (Å²) >= 11 is 5.04. The second kappa shape index (κ2) is 17.5. The van der Waals surface area contributed by atoms with E-state index in [2.05, 4.69) is 0 Å². The topological polar surface area (TPSA) is 71.2 Å². The zero-order valence-corrected chi connectivity index (χ0v) is 32.6. The summed E-state index contributed by atoms with van der Waals surface area (Å²) in [7, 11) is 0. The van der Waals surface area contributed by atoms with Crippen molar-refractivity contribution in [3.8, 4) is 34.3 Å². The molecule has 0 aliphatic heterocycles. The van der Waals surface area contributed by atoms with Gasteiger partial charge in [0, 0.05) is 0 Å². The van der Waals surface area contributed by atoms with Crippen molar-refractivity contribution in [1.29, 1.82) is 0 Å². The molecule has 0 atom stereocenters. The van der Waals surface area contributed by atoms with E-state index in [9.17, 15) is 10.2 Å². The minimum absolute atomic E-state index is 0.166. The Morgan fingerprint density at radius 2 is 1.00 bits per heavy atom. The monoisotopic (exact) mass is 751 g/mol. The second-order valence-corrected chi connectivity index (χ2v) is 26.5. The Balaban J connectivity index is 1.00. The second-order valence-electron chi connectivity index (χ2n) is 15.9. The van der Waals surface area contributed by atoms with Crippen LogP contribution in [0.4, 0.5) is 0 Å². The van der Waals surface area contributed by atoms with Crippen molar-refractivity contribution in [3.63, 3.8) is 0 Å². The van der Waals surface area contributed by atoms with E-state index in [1.54, 1.807) is 24.4 Å². The van der Waals surface area contributed by atoms with Gasteiger partial charge in [-0.2, -0.15) is 0 Å². The molecule has 1 heterocycles. The summed E-state index contributed by atoms with van der Waals surface area (Å²) in [6.07, 6.45) is 34.3. The molecule has 3 fully saturated rings. The van der Waals surface area contributed by atoms with E-state index < -0.39 is 5.31 Å². The Labute approximate surface area is 304 Å². The number of para-hydroxylation sites is 2. The van der Waals surface area contributed by atoms with Crippen LogP contribution in [-0.4, -0.2) is 48.1 Å². The van der Waals surface area contributed by atoms with Crippen molar-refractivity contribution in [2.45, 2.75) is 171 Å². The molecule has 5 nitrogen and oxygen atoms in total. The molecule has 1 aromatic heterocycles. The number of nitrogens with zero attached hydrogens (tertiary/aromatic N) is 3. The van der Waals surface area contributed by atoms with Crippen LogP contribution in [0.3, 0.4) is 0 Å². The van der Waals surface area contributed by atoms with E-state index in [0.29, 0.717) is 22.8 Å². The van der Waals surface area contributed by atoms with Crippen LogP contribution in [0.1, 0.15) is 148 Å². The van der Waals surface area contributed by atoms with Crippen LogP contribution in [0.2, 0.25) is 0 Å². The number of phenols is 2. The number of unbranched alkanes of at least 4 members (excludes halogenated alkanes) is 7. The quantitative estimate of drug-likeness (QED) is 0.113. The zero-order chi connectivity index (χ0) is 34.0. The average Bonchev–Trinajstić information content (AvgIpc) is 3.57. The summed E-state index contributed by atoms with van der Waals surface area (Å²) < 4.78 is 1.91. The third-order valence-corrected chi connectivity index (χ3v) is 26.9. The SMILES string of the molecule is Oc1ccccc1-c1nc(-c2ccccc2O)n(CCCCCCCCCCP(Br)(C2CCCCC2)(C2CCCCC2)C2CCCCC2)n1. The summed E-state index contributed by atoms with van der Waals surface area (Å²) in [5, 5.41) is 23.8. The van der Waals surface area contributed by atoms with E-state index in [0.717, 1.165) is 36.4 Å². The maximum absolute atomic E-state index is 10.6. The Morgan fingerprint density at radius 3 is 1.49 bits per heavy atom. The molecule has 0 amide bonds. The van der Waals surface area contributed by atoms with Crippen molar-refractivity contribution in [1.82, 2.24) is 14.8 Å². The van der Waals surface area contributed by atoms with Crippen molar-refractivity contribution >= 4 is 20.8 Å². The first kappa shape index (κ1) is 36.9.